The van der Waals surface area contributed by atoms with Gasteiger partial charge in [0, 0.05) is 24.6 Å². The predicted octanol–water partition coefficient (Wildman–Crippen LogP) is 2.10. The monoisotopic (exact) mass is 285 g/mol. The summed E-state index contributed by atoms with van der Waals surface area (Å²) in [6, 6.07) is 8.17. The van der Waals surface area contributed by atoms with Gasteiger partial charge in [0.05, 0.1) is 0 Å². The lowest BCUT2D eigenvalue weighted by Gasteiger charge is -2.08. The van der Waals surface area contributed by atoms with Crippen LogP contribution in [0, 0.1) is 0 Å². The van der Waals surface area contributed by atoms with Crippen molar-refractivity contribution in [2.45, 2.75) is 32.1 Å². The Morgan fingerprint density at radius 3 is 3.00 bits per heavy atom. The van der Waals surface area contributed by atoms with Gasteiger partial charge >= 0.3 is 0 Å². The van der Waals surface area contributed by atoms with Gasteiger partial charge in [-0.3, -0.25) is 9.89 Å². The number of carbonyl (C=O) groups excluding carboxylic acids is 1. The number of anilines is 2. The average molecular weight is 285 g/mol. The highest BCUT2D eigenvalue weighted by molar-refractivity contribution is 5.79. The third-order valence-corrected chi connectivity index (χ3v) is 3.65. The maximum absolute atomic E-state index is 11.3. The second kappa shape index (κ2) is 5.95. The van der Waals surface area contributed by atoms with Crippen molar-refractivity contribution in [2.24, 2.45) is 0 Å². The number of nitrogens with one attached hydrogen (secondary N) is 3. The van der Waals surface area contributed by atoms with Crippen LogP contribution in [-0.2, 0) is 11.2 Å². The highest BCUT2D eigenvalue weighted by Crippen LogP contribution is 2.23. The van der Waals surface area contributed by atoms with Gasteiger partial charge in [-0.15, -0.1) is 5.10 Å². The number of hydrogen-bond acceptors (Lipinski definition) is 4. The zero-order valence-electron chi connectivity index (χ0n) is 12.0. The number of benzene rings is 1. The molecule has 1 saturated heterocycles. The molecule has 6 nitrogen and oxygen atoms in total. The molecule has 3 N–H and O–H groups in total. The van der Waals surface area contributed by atoms with Gasteiger partial charge in [-0.2, -0.15) is 4.98 Å². The number of nitrogens with zero attached hydrogens (tertiary/aromatic N) is 2. The van der Waals surface area contributed by atoms with Crippen LogP contribution in [0.1, 0.15) is 37.1 Å². The summed E-state index contributed by atoms with van der Waals surface area (Å²) in [4.78, 5) is 15.7. The average Bonchev–Trinajstić information content (AvgIpc) is 3.10. The zero-order valence-corrected chi connectivity index (χ0v) is 12.0. The Hall–Kier alpha value is -2.37. The molecule has 2 aromatic rings. The number of aromatic nitrogens is 3. The number of amides is 1. The van der Waals surface area contributed by atoms with Gasteiger partial charge in [-0.1, -0.05) is 31.5 Å². The molecule has 1 aromatic carbocycles. The van der Waals surface area contributed by atoms with Crippen LogP contribution in [0.15, 0.2) is 24.3 Å². The van der Waals surface area contributed by atoms with Gasteiger partial charge in [0.2, 0.25) is 11.9 Å². The van der Waals surface area contributed by atoms with Crippen molar-refractivity contribution in [1.82, 2.24) is 20.5 Å². The molecular weight excluding hydrogens is 266 g/mol. The fraction of sp³-hybridized carbons (Fsp3) is 0.400. The minimum atomic E-state index is 0.0687. The molecule has 1 aliphatic heterocycles. The van der Waals surface area contributed by atoms with E-state index in [0.717, 1.165) is 24.4 Å². The summed E-state index contributed by atoms with van der Waals surface area (Å²) in [6.45, 7) is 2.78. The molecule has 0 radical (unpaired) electrons. The Balaban J connectivity index is 1.74. The minimum Gasteiger partial charge on any atom is -0.355 e. The molecule has 110 valence electrons. The number of para-hydroxylation sites is 1. The number of hydrogen-bond donors (Lipinski definition) is 3. The van der Waals surface area contributed by atoms with Gasteiger partial charge in [0.25, 0.3) is 0 Å². The first kappa shape index (κ1) is 13.6. The van der Waals surface area contributed by atoms with Crippen LogP contribution >= 0.6 is 0 Å². The van der Waals surface area contributed by atoms with E-state index in [1.54, 1.807) is 0 Å². The molecule has 0 bridgehead atoms. The summed E-state index contributed by atoms with van der Waals surface area (Å²) in [5, 5.41) is 13.2. The molecule has 1 unspecified atom stereocenters. The van der Waals surface area contributed by atoms with Crippen LogP contribution < -0.4 is 10.6 Å². The lowest BCUT2D eigenvalue weighted by Crippen LogP contribution is -2.13. The fourth-order valence-corrected chi connectivity index (χ4v) is 2.56. The highest BCUT2D eigenvalue weighted by Gasteiger charge is 2.25. The van der Waals surface area contributed by atoms with Crippen molar-refractivity contribution >= 4 is 17.5 Å². The highest BCUT2D eigenvalue weighted by atomic mass is 16.1. The Bertz CT molecular complexity index is 636. The van der Waals surface area contributed by atoms with Crippen molar-refractivity contribution in [3.8, 4) is 0 Å². The standard InChI is InChI=1S/C15H19N5O/c1-2-5-10-6-3-4-7-12(10)17-15-18-14(19-20-15)11-8-13(21)16-9-11/h3-4,6-7,11H,2,5,8-9H2,1H3,(H,16,21)(H2,17,18,19,20). The van der Waals surface area contributed by atoms with E-state index in [2.05, 4.69) is 38.8 Å². The number of carbonyl (C=O) groups is 1. The molecular formula is C15H19N5O. The van der Waals surface area contributed by atoms with Crippen LogP contribution in [0.3, 0.4) is 0 Å². The van der Waals surface area contributed by atoms with Crippen LogP contribution in [-0.4, -0.2) is 27.6 Å². The van der Waals surface area contributed by atoms with Gasteiger partial charge in [-0.25, -0.2) is 0 Å². The lowest BCUT2D eigenvalue weighted by atomic mass is 10.1. The van der Waals surface area contributed by atoms with Crippen LogP contribution in [0.25, 0.3) is 0 Å². The Morgan fingerprint density at radius 2 is 2.24 bits per heavy atom. The normalized spacial score (nSPS) is 17.8. The second-order valence-electron chi connectivity index (χ2n) is 5.28. The van der Waals surface area contributed by atoms with Crippen LogP contribution in [0.5, 0.6) is 0 Å². The quantitative estimate of drug-likeness (QED) is 0.785. The predicted molar refractivity (Wildman–Crippen MR) is 80.5 cm³/mol. The fourth-order valence-electron chi connectivity index (χ4n) is 2.56. The molecule has 1 atom stereocenters. The molecule has 1 aliphatic rings. The second-order valence-corrected chi connectivity index (χ2v) is 5.28. The topological polar surface area (TPSA) is 82.7 Å². The Kier molecular flexibility index (Phi) is 3.85. The molecule has 1 aromatic heterocycles. The maximum Gasteiger partial charge on any atom is 0.246 e. The van der Waals surface area contributed by atoms with E-state index in [4.69, 9.17) is 0 Å². The van der Waals surface area contributed by atoms with Crippen molar-refractivity contribution in [3.05, 3.63) is 35.7 Å². The number of rotatable bonds is 5. The molecule has 0 saturated carbocycles. The summed E-state index contributed by atoms with van der Waals surface area (Å²) < 4.78 is 0. The summed E-state index contributed by atoms with van der Waals surface area (Å²) in [7, 11) is 0. The van der Waals surface area contributed by atoms with Crippen LogP contribution in [0.2, 0.25) is 0 Å². The molecule has 3 rings (SSSR count). The lowest BCUT2D eigenvalue weighted by molar-refractivity contribution is -0.119. The first-order chi connectivity index (χ1) is 10.3. The summed E-state index contributed by atoms with van der Waals surface area (Å²) in [5.74, 6) is 1.46. The number of aromatic amines is 1. The molecule has 1 fully saturated rings. The van der Waals surface area contributed by atoms with Crippen molar-refractivity contribution in [3.63, 3.8) is 0 Å². The van der Waals surface area contributed by atoms with E-state index >= 15 is 0 Å². The smallest absolute Gasteiger partial charge is 0.246 e. The van der Waals surface area contributed by atoms with E-state index in [9.17, 15) is 4.79 Å². The van der Waals surface area contributed by atoms with Crippen molar-refractivity contribution in [1.29, 1.82) is 0 Å². The molecule has 0 aliphatic carbocycles. The van der Waals surface area contributed by atoms with Crippen molar-refractivity contribution < 1.29 is 4.79 Å². The molecule has 21 heavy (non-hydrogen) atoms. The largest absolute Gasteiger partial charge is 0.355 e. The Morgan fingerprint density at radius 1 is 1.38 bits per heavy atom. The van der Waals surface area contributed by atoms with Gasteiger partial charge < -0.3 is 10.6 Å². The van der Waals surface area contributed by atoms with Crippen molar-refractivity contribution in [2.75, 3.05) is 11.9 Å². The molecule has 2 heterocycles. The maximum atomic E-state index is 11.3. The van der Waals surface area contributed by atoms with E-state index in [0.29, 0.717) is 18.9 Å². The van der Waals surface area contributed by atoms with Gasteiger partial charge in [-0.05, 0) is 18.1 Å². The number of aryl methyl sites for hydroxylation is 1. The summed E-state index contributed by atoms with van der Waals surface area (Å²) in [5.41, 5.74) is 2.29. The minimum absolute atomic E-state index is 0.0687. The third kappa shape index (κ3) is 3.04. The Labute approximate surface area is 123 Å². The van der Waals surface area contributed by atoms with Gasteiger partial charge in [0.1, 0.15) is 5.82 Å². The number of H-pyrrole nitrogens is 1. The first-order valence-electron chi connectivity index (χ1n) is 7.30. The van der Waals surface area contributed by atoms with E-state index < -0.39 is 0 Å². The third-order valence-electron chi connectivity index (χ3n) is 3.65. The van der Waals surface area contributed by atoms with Gasteiger partial charge in [0.15, 0.2) is 0 Å². The summed E-state index contributed by atoms with van der Waals surface area (Å²) in [6.07, 6.45) is 2.58. The van der Waals surface area contributed by atoms with E-state index in [1.807, 2.05) is 18.2 Å². The molecule has 0 spiro atoms. The SMILES string of the molecule is CCCc1ccccc1Nc1n[nH]c(C2CNC(=O)C2)n1. The van der Waals surface area contributed by atoms with E-state index in [-0.39, 0.29) is 11.8 Å². The molecule has 1 amide bonds. The zero-order chi connectivity index (χ0) is 14.7. The molecule has 6 heteroatoms. The van der Waals surface area contributed by atoms with Crippen LogP contribution in [0.4, 0.5) is 11.6 Å². The first-order valence-corrected chi connectivity index (χ1v) is 7.30. The van der Waals surface area contributed by atoms with E-state index in [1.165, 1.54) is 5.56 Å². The summed E-state index contributed by atoms with van der Waals surface area (Å²) >= 11 is 0.